The van der Waals surface area contributed by atoms with Crippen LogP contribution in [-0.2, 0) is 19.7 Å². The fourth-order valence-electron chi connectivity index (χ4n) is 4.22. The first-order valence-corrected chi connectivity index (χ1v) is 9.34. The third-order valence-corrected chi connectivity index (χ3v) is 5.92. The molecule has 2 saturated heterocycles. The summed E-state index contributed by atoms with van der Waals surface area (Å²) >= 11 is 0. The van der Waals surface area contributed by atoms with Gasteiger partial charge in [0.25, 0.3) is 0 Å². The number of benzene rings is 1. The molecule has 25 heavy (non-hydrogen) atoms. The minimum atomic E-state index is -0.307. The number of hydrogen-bond acceptors (Lipinski definition) is 4. The van der Waals surface area contributed by atoms with Crippen LogP contribution < -0.4 is 4.90 Å². The number of carbonyl (C=O) groups excluding carboxylic acids is 1. The van der Waals surface area contributed by atoms with E-state index in [9.17, 15) is 4.79 Å². The van der Waals surface area contributed by atoms with Gasteiger partial charge in [0, 0.05) is 32.9 Å². The van der Waals surface area contributed by atoms with Gasteiger partial charge in [0.05, 0.1) is 25.2 Å². The molecular formula is C20H28N2O3. The van der Waals surface area contributed by atoms with E-state index in [1.165, 1.54) is 0 Å². The minimum Gasteiger partial charge on any atom is -0.378 e. The van der Waals surface area contributed by atoms with Crippen LogP contribution in [0.2, 0.25) is 0 Å². The average molecular weight is 344 g/mol. The van der Waals surface area contributed by atoms with Crippen LogP contribution in [0.1, 0.15) is 31.2 Å². The Kier molecular flexibility index (Phi) is 4.24. The molecular weight excluding hydrogens is 316 g/mol. The second kappa shape index (κ2) is 6.29. The number of nitrogens with zero attached hydrogens (tertiary/aromatic N) is 2. The zero-order valence-corrected chi connectivity index (χ0v) is 15.3. The Morgan fingerprint density at radius 1 is 1.12 bits per heavy atom. The SMILES string of the molecule is CN(C)c1ccc(C2(C(=O)N3CCOC4(CCCOC4)C3)CC2)cc1. The van der Waals surface area contributed by atoms with Gasteiger partial charge in [0.2, 0.25) is 5.91 Å². The van der Waals surface area contributed by atoms with Crippen molar-refractivity contribution in [3.63, 3.8) is 0 Å². The van der Waals surface area contributed by atoms with Gasteiger partial charge in [-0.25, -0.2) is 0 Å². The zero-order valence-electron chi connectivity index (χ0n) is 15.3. The van der Waals surface area contributed by atoms with Crippen molar-refractivity contribution in [1.82, 2.24) is 4.90 Å². The number of anilines is 1. The fraction of sp³-hybridized carbons (Fsp3) is 0.650. The summed E-state index contributed by atoms with van der Waals surface area (Å²) in [5.74, 6) is 0.276. The molecule has 136 valence electrons. The molecule has 1 aromatic carbocycles. The number of amides is 1. The maximum absolute atomic E-state index is 13.3. The summed E-state index contributed by atoms with van der Waals surface area (Å²) in [6, 6.07) is 8.47. The van der Waals surface area contributed by atoms with E-state index in [4.69, 9.17) is 9.47 Å². The van der Waals surface area contributed by atoms with E-state index in [-0.39, 0.29) is 16.9 Å². The van der Waals surface area contributed by atoms with Crippen LogP contribution in [0, 0.1) is 0 Å². The predicted molar refractivity (Wildman–Crippen MR) is 97.0 cm³/mol. The number of morpholine rings is 1. The molecule has 0 aromatic heterocycles. The summed E-state index contributed by atoms with van der Waals surface area (Å²) in [6.45, 7) is 3.40. The molecule has 2 aliphatic heterocycles. The summed E-state index contributed by atoms with van der Waals surface area (Å²) in [7, 11) is 4.07. The van der Waals surface area contributed by atoms with Crippen molar-refractivity contribution in [3.8, 4) is 0 Å². The largest absolute Gasteiger partial charge is 0.378 e. The van der Waals surface area contributed by atoms with Crippen molar-refractivity contribution in [1.29, 1.82) is 0 Å². The Labute approximate surface area is 149 Å². The molecule has 5 nitrogen and oxygen atoms in total. The topological polar surface area (TPSA) is 42.0 Å². The summed E-state index contributed by atoms with van der Waals surface area (Å²) in [5, 5.41) is 0. The van der Waals surface area contributed by atoms with E-state index >= 15 is 0 Å². The lowest BCUT2D eigenvalue weighted by Crippen LogP contribution is -2.58. The quantitative estimate of drug-likeness (QED) is 0.843. The first-order valence-electron chi connectivity index (χ1n) is 9.34. The van der Waals surface area contributed by atoms with Crippen LogP contribution in [-0.4, -0.2) is 63.4 Å². The highest BCUT2D eigenvalue weighted by molar-refractivity contribution is 5.91. The van der Waals surface area contributed by atoms with E-state index in [1.54, 1.807) is 0 Å². The maximum atomic E-state index is 13.3. The minimum absolute atomic E-state index is 0.276. The molecule has 2 heterocycles. The molecule has 1 unspecified atom stereocenters. The third kappa shape index (κ3) is 3.04. The number of carbonyl (C=O) groups is 1. The monoisotopic (exact) mass is 344 g/mol. The van der Waals surface area contributed by atoms with Crippen LogP contribution >= 0.6 is 0 Å². The first kappa shape index (κ1) is 16.9. The second-order valence-corrected chi connectivity index (χ2v) is 7.94. The fourth-order valence-corrected chi connectivity index (χ4v) is 4.22. The van der Waals surface area contributed by atoms with E-state index in [0.717, 1.165) is 43.5 Å². The summed E-state index contributed by atoms with van der Waals surface area (Å²) < 4.78 is 11.7. The molecule has 0 radical (unpaired) electrons. The van der Waals surface area contributed by atoms with Gasteiger partial charge in [-0.15, -0.1) is 0 Å². The number of hydrogen-bond donors (Lipinski definition) is 0. The normalized spacial score (nSPS) is 28.0. The highest BCUT2D eigenvalue weighted by Gasteiger charge is 2.54. The molecule has 5 heteroatoms. The second-order valence-electron chi connectivity index (χ2n) is 7.94. The van der Waals surface area contributed by atoms with Crippen LogP contribution in [0.25, 0.3) is 0 Å². The van der Waals surface area contributed by atoms with Crippen molar-refractivity contribution >= 4 is 11.6 Å². The summed E-state index contributed by atoms with van der Waals surface area (Å²) in [5.41, 5.74) is 1.73. The summed E-state index contributed by atoms with van der Waals surface area (Å²) in [6.07, 6.45) is 3.91. The Bertz CT molecular complexity index is 625. The van der Waals surface area contributed by atoms with Gasteiger partial charge >= 0.3 is 0 Å². The lowest BCUT2D eigenvalue weighted by molar-refractivity contribution is -0.178. The number of ether oxygens (including phenoxy) is 2. The van der Waals surface area contributed by atoms with Crippen molar-refractivity contribution in [2.24, 2.45) is 0 Å². The van der Waals surface area contributed by atoms with E-state index in [2.05, 4.69) is 29.2 Å². The Morgan fingerprint density at radius 3 is 2.48 bits per heavy atom. The van der Waals surface area contributed by atoms with Crippen LogP contribution in [0.5, 0.6) is 0 Å². The Balaban J connectivity index is 1.51. The Hall–Kier alpha value is -1.59. The van der Waals surface area contributed by atoms with Crippen LogP contribution in [0.15, 0.2) is 24.3 Å². The molecule has 1 aliphatic carbocycles. The molecule has 1 spiro atoms. The smallest absolute Gasteiger partial charge is 0.233 e. The highest BCUT2D eigenvalue weighted by Crippen LogP contribution is 2.50. The van der Waals surface area contributed by atoms with Gasteiger partial charge in [-0.05, 0) is 43.4 Å². The van der Waals surface area contributed by atoms with Gasteiger partial charge in [-0.2, -0.15) is 0 Å². The van der Waals surface area contributed by atoms with Gasteiger partial charge in [0.15, 0.2) is 0 Å². The molecule has 1 atom stereocenters. The van der Waals surface area contributed by atoms with Gasteiger partial charge in [-0.1, -0.05) is 12.1 Å². The molecule has 3 fully saturated rings. The lowest BCUT2D eigenvalue weighted by atomic mass is 9.90. The highest BCUT2D eigenvalue weighted by atomic mass is 16.5. The van der Waals surface area contributed by atoms with E-state index in [1.807, 2.05) is 19.0 Å². The lowest BCUT2D eigenvalue weighted by Gasteiger charge is -2.45. The molecule has 3 aliphatic rings. The van der Waals surface area contributed by atoms with Gasteiger partial charge in [0.1, 0.15) is 5.60 Å². The average Bonchev–Trinajstić information content (AvgIpc) is 3.44. The van der Waals surface area contributed by atoms with E-state index < -0.39 is 0 Å². The van der Waals surface area contributed by atoms with Crippen molar-refractivity contribution in [3.05, 3.63) is 29.8 Å². The van der Waals surface area contributed by atoms with E-state index in [0.29, 0.717) is 26.3 Å². The molecule has 4 rings (SSSR count). The molecule has 1 aromatic rings. The zero-order chi connectivity index (χ0) is 17.5. The molecule has 0 N–H and O–H groups in total. The van der Waals surface area contributed by atoms with Gasteiger partial charge < -0.3 is 19.3 Å². The van der Waals surface area contributed by atoms with Crippen molar-refractivity contribution in [2.45, 2.75) is 36.7 Å². The maximum Gasteiger partial charge on any atom is 0.233 e. The standard InChI is InChI=1S/C20H28N2O3/c1-21(2)17-6-4-16(5-7-17)20(9-10-20)18(23)22-11-13-25-19(14-22)8-3-12-24-15-19/h4-7H,3,8-15H2,1-2H3. The van der Waals surface area contributed by atoms with Crippen LogP contribution in [0.3, 0.4) is 0 Å². The predicted octanol–water partition coefficient (Wildman–Crippen LogP) is 2.19. The molecule has 0 bridgehead atoms. The first-order chi connectivity index (χ1) is 12.0. The third-order valence-electron chi connectivity index (χ3n) is 5.92. The van der Waals surface area contributed by atoms with Gasteiger partial charge in [-0.3, -0.25) is 4.79 Å². The summed E-state index contributed by atoms with van der Waals surface area (Å²) in [4.78, 5) is 17.5. The molecule has 1 amide bonds. The van der Waals surface area contributed by atoms with Crippen molar-refractivity contribution in [2.75, 3.05) is 51.9 Å². The number of rotatable bonds is 3. The molecule has 1 saturated carbocycles. The van der Waals surface area contributed by atoms with Crippen molar-refractivity contribution < 1.29 is 14.3 Å². The van der Waals surface area contributed by atoms with Crippen LogP contribution in [0.4, 0.5) is 5.69 Å². The Morgan fingerprint density at radius 2 is 1.88 bits per heavy atom.